The van der Waals surface area contributed by atoms with Crippen LogP contribution in [0, 0.1) is 0 Å². The highest BCUT2D eigenvalue weighted by atomic mass is 16.3. The van der Waals surface area contributed by atoms with Gasteiger partial charge in [-0.1, -0.05) is 60.7 Å². The first-order valence-electron chi connectivity index (χ1n) is 11.1. The van der Waals surface area contributed by atoms with Crippen molar-refractivity contribution in [3.8, 4) is 0 Å². The first-order chi connectivity index (χ1) is 15.6. The molecule has 1 aromatic heterocycles. The van der Waals surface area contributed by atoms with Crippen molar-refractivity contribution >= 4 is 22.4 Å². The molecule has 5 rings (SSSR count). The second-order valence-electron chi connectivity index (χ2n) is 8.33. The average molecular weight is 427 g/mol. The van der Waals surface area contributed by atoms with E-state index in [4.69, 9.17) is 0 Å². The smallest absolute Gasteiger partial charge is 0.227 e. The lowest BCUT2D eigenvalue weighted by atomic mass is 10.1. The van der Waals surface area contributed by atoms with E-state index in [0.717, 1.165) is 35.1 Å². The summed E-state index contributed by atoms with van der Waals surface area (Å²) in [6.07, 6.45) is 0.749. The van der Waals surface area contributed by atoms with Crippen LogP contribution in [0.25, 0.3) is 10.8 Å². The molecule has 2 N–H and O–H groups in total. The molecule has 1 unspecified atom stereocenters. The van der Waals surface area contributed by atoms with Gasteiger partial charge in [0.1, 0.15) is 11.9 Å². The number of aromatic nitrogens is 3. The summed E-state index contributed by atoms with van der Waals surface area (Å²) in [5.74, 6) is 1.32. The molecule has 0 bridgehead atoms. The number of rotatable bonds is 6. The topological polar surface area (TPSA) is 80.0 Å². The van der Waals surface area contributed by atoms with Crippen LogP contribution in [-0.2, 0) is 24.2 Å². The Morgan fingerprint density at radius 2 is 1.72 bits per heavy atom. The highest BCUT2D eigenvalue weighted by Crippen LogP contribution is 2.34. The highest BCUT2D eigenvalue weighted by molar-refractivity contribution is 6.02. The minimum atomic E-state index is -1.02. The van der Waals surface area contributed by atoms with Gasteiger partial charge in [0.25, 0.3) is 0 Å². The summed E-state index contributed by atoms with van der Waals surface area (Å²) in [5.41, 5.74) is 3.43. The van der Waals surface area contributed by atoms with Crippen molar-refractivity contribution in [1.82, 2.24) is 14.8 Å². The fourth-order valence-corrected chi connectivity index (χ4v) is 4.74. The molecular weight excluding hydrogens is 400 g/mol. The number of aliphatic hydroxyl groups excluding tert-OH is 1. The number of anilines is 1. The Hall–Kier alpha value is -3.51. The van der Waals surface area contributed by atoms with E-state index in [0.29, 0.717) is 12.4 Å². The van der Waals surface area contributed by atoms with Gasteiger partial charge in [-0.3, -0.25) is 4.79 Å². The molecule has 6 heteroatoms. The van der Waals surface area contributed by atoms with Gasteiger partial charge in [0.05, 0.1) is 6.42 Å². The number of amides is 1. The maximum atomic E-state index is 12.7. The summed E-state index contributed by atoms with van der Waals surface area (Å²) in [4.78, 5) is 12.7. The third kappa shape index (κ3) is 3.78. The van der Waals surface area contributed by atoms with Gasteiger partial charge in [-0.15, -0.1) is 10.2 Å². The van der Waals surface area contributed by atoms with Gasteiger partial charge in [-0.2, -0.15) is 0 Å². The van der Waals surface area contributed by atoms with Crippen molar-refractivity contribution < 1.29 is 9.90 Å². The maximum Gasteiger partial charge on any atom is 0.227 e. The van der Waals surface area contributed by atoms with E-state index in [1.165, 1.54) is 11.1 Å². The number of carbonyl (C=O) groups excluding carboxylic acids is 1. The van der Waals surface area contributed by atoms with E-state index >= 15 is 0 Å². The average Bonchev–Trinajstić information content (AvgIpc) is 3.43. The largest absolute Gasteiger partial charge is 0.385 e. The van der Waals surface area contributed by atoms with Gasteiger partial charge in [0, 0.05) is 23.5 Å². The second kappa shape index (κ2) is 8.55. The van der Waals surface area contributed by atoms with Gasteiger partial charge in [0.15, 0.2) is 5.82 Å². The minimum Gasteiger partial charge on any atom is -0.385 e. The number of carbonyl (C=O) groups is 1. The Morgan fingerprint density at radius 1 is 1.03 bits per heavy atom. The van der Waals surface area contributed by atoms with Crippen LogP contribution in [0.15, 0.2) is 66.7 Å². The SMILES string of the molecule is CCn1c(C(O)CC(=O)Nc2cccc3ccccc23)nnc1C1Cc2ccccc2C1. The zero-order chi connectivity index (χ0) is 22.1. The van der Waals surface area contributed by atoms with E-state index in [2.05, 4.69) is 39.8 Å². The van der Waals surface area contributed by atoms with Gasteiger partial charge in [0.2, 0.25) is 5.91 Å². The molecule has 1 amide bonds. The van der Waals surface area contributed by atoms with Crippen molar-refractivity contribution in [3.63, 3.8) is 0 Å². The summed E-state index contributed by atoms with van der Waals surface area (Å²) >= 11 is 0. The Labute approximate surface area is 186 Å². The molecule has 4 aromatic rings. The fourth-order valence-electron chi connectivity index (χ4n) is 4.74. The lowest BCUT2D eigenvalue weighted by Crippen LogP contribution is -2.19. The van der Waals surface area contributed by atoms with Crippen molar-refractivity contribution in [1.29, 1.82) is 0 Å². The summed E-state index contributed by atoms with van der Waals surface area (Å²) in [6, 6.07) is 22.1. The monoisotopic (exact) mass is 426 g/mol. The Morgan fingerprint density at radius 3 is 2.47 bits per heavy atom. The molecule has 0 saturated heterocycles. The quantitative estimate of drug-likeness (QED) is 0.479. The van der Waals surface area contributed by atoms with Crippen LogP contribution in [0.5, 0.6) is 0 Å². The molecule has 0 fully saturated rings. The van der Waals surface area contributed by atoms with E-state index in [1.54, 1.807) is 0 Å². The predicted molar refractivity (Wildman–Crippen MR) is 124 cm³/mol. The minimum absolute atomic E-state index is 0.0771. The van der Waals surface area contributed by atoms with Gasteiger partial charge in [-0.25, -0.2) is 0 Å². The summed E-state index contributed by atoms with van der Waals surface area (Å²) in [7, 11) is 0. The third-order valence-electron chi connectivity index (χ3n) is 6.28. The molecule has 0 spiro atoms. The first kappa shape index (κ1) is 20.4. The maximum absolute atomic E-state index is 12.7. The number of hydrogen-bond donors (Lipinski definition) is 2. The Bertz CT molecular complexity index is 1250. The fraction of sp³-hybridized carbons (Fsp3) is 0.269. The van der Waals surface area contributed by atoms with Gasteiger partial charge in [-0.05, 0) is 42.3 Å². The molecular formula is C26H26N4O2. The molecule has 6 nitrogen and oxygen atoms in total. The highest BCUT2D eigenvalue weighted by Gasteiger charge is 2.29. The lowest BCUT2D eigenvalue weighted by Gasteiger charge is -2.15. The summed E-state index contributed by atoms with van der Waals surface area (Å²) in [5, 5.41) is 24.5. The standard InChI is InChI=1S/C26H26N4O2/c1-2-30-25(20-14-18-9-3-4-10-19(18)15-20)28-29-26(30)23(31)16-24(32)27-22-13-7-11-17-8-5-6-12-21(17)22/h3-13,20,23,31H,2,14-16H2,1H3,(H,27,32). The molecule has 3 aromatic carbocycles. The predicted octanol–water partition coefficient (Wildman–Crippen LogP) is 4.40. The van der Waals surface area contributed by atoms with Crippen molar-refractivity contribution in [2.45, 2.75) is 44.8 Å². The van der Waals surface area contributed by atoms with E-state index in [-0.39, 0.29) is 18.2 Å². The summed E-state index contributed by atoms with van der Waals surface area (Å²) in [6.45, 7) is 2.66. The lowest BCUT2D eigenvalue weighted by molar-refractivity contribution is -0.118. The number of aliphatic hydroxyl groups is 1. The molecule has 0 aliphatic heterocycles. The van der Waals surface area contributed by atoms with E-state index in [9.17, 15) is 9.90 Å². The van der Waals surface area contributed by atoms with E-state index in [1.807, 2.05) is 54.0 Å². The molecule has 1 atom stereocenters. The number of benzene rings is 3. The van der Waals surface area contributed by atoms with Crippen LogP contribution in [0.1, 0.15) is 48.1 Å². The molecule has 162 valence electrons. The number of fused-ring (bicyclic) bond motifs is 2. The van der Waals surface area contributed by atoms with Crippen LogP contribution in [0.3, 0.4) is 0 Å². The zero-order valence-corrected chi connectivity index (χ0v) is 18.0. The van der Waals surface area contributed by atoms with Gasteiger partial charge < -0.3 is 15.0 Å². The van der Waals surface area contributed by atoms with Crippen molar-refractivity contribution in [3.05, 3.63) is 89.5 Å². The van der Waals surface area contributed by atoms with Gasteiger partial charge >= 0.3 is 0 Å². The molecule has 1 aliphatic rings. The van der Waals surface area contributed by atoms with Crippen LogP contribution in [0.4, 0.5) is 5.69 Å². The first-order valence-corrected chi connectivity index (χ1v) is 11.1. The number of nitrogens with zero attached hydrogens (tertiary/aromatic N) is 3. The van der Waals surface area contributed by atoms with Crippen LogP contribution >= 0.6 is 0 Å². The molecule has 0 saturated carbocycles. The number of hydrogen-bond acceptors (Lipinski definition) is 4. The number of nitrogens with one attached hydrogen (secondary N) is 1. The van der Waals surface area contributed by atoms with Crippen LogP contribution < -0.4 is 5.32 Å². The van der Waals surface area contributed by atoms with Crippen LogP contribution in [-0.4, -0.2) is 25.8 Å². The molecule has 32 heavy (non-hydrogen) atoms. The molecule has 1 heterocycles. The Kier molecular flexibility index (Phi) is 5.45. The normalized spacial score (nSPS) is 14.4. The summed E-state index contributed by atoms with van der Waals surface area (Å²) < 4.78 is 1.96. The second-order valence-corrected chi connectivity index (χ2v) is 8.33. The Balaban J connectivity index is 1.31. The van der Waals surface area contributed by atoms with Crippen molar-refractivity contribution in [2.75, 3.05) is 5.32 Å². The van der Waals surface area contributed by atoms with E-state index < -0.39 is 6.10 Å². The zero-order valence-electron chi connectivity index (χ0n) is 18.0. The third-order valence-corrected chi connectivity index (χ3v) is 6.28. The van der Waals surface area contributed by atoms with Crippen LogP contribution in [0.2, 0.25) is 0 Å². The molecule has 0 radical (unpaired) electrons. The molecule has 1 aliphatic carbocycles. The van der Waals surface area contributed by atoms with Crippen molar-refractivity contribution in [2.24, 2.45) is 0 Å².